The highest BCUT2D eigenvalue weighted by Gasteiger charge is 2.52. The van der Waals surface area contributed by atoms with Crippen molar-refractivity contribution in [3.63, 3.8) is 0 Å². The lowest BCUT2D eigenvalue weighted by Gasteiger charge is -2.36. The highest BCUT2D eigenvalue weighted by atomic mass is 16.2. The van der Waals surface area contributed by atoms with Gasteiger partial charge < -0.3 is 31.2 Å². The molecule has 6 N–H and O–H groups in total. The Morgan fingerprint density at radius 3 is 2.55 bits per heavy atom. The average Bonchev–Trinajstić information content (AvgIpc) is 3.55. The van der Waals surface area contributed by atoms with E-state index in [4.69, 9.17) is 5.73 Å². The zero-order valence-electron chi connectivity index (χ0n) is 21.4. The van der Waals surface area contributed by atoms with Crippen LogP contribution in [-0.4, -0.2) is 77.8 Å². The molecule has 2 aromatic carbocycles. The number of aliphatic imine (C=N–C) groups is 1. The van der Waals surface area contributed by atoms with E-state index in [0.717, 1.165) is 16.8 Å². The molecule has 198 valence electrons. The molecule has 12 nitrogen and oxygen atoms in total. The molecule has 0 bridgehead atoms. The number of carbonyl (C=O) groups excluding carboxylic acids is 3. The molecule has 4 amide bonds. The number of nitrogens with zero attached hydrogens (tertiary/aromatic N) is 4. The SMILES string of the molecule is CCNC(=O)N1CCN(c2ccc(NC(=O)C3=NCNC3(C(N)=O)c3nc4ccccc4[nH]3)c(C)c2)CC1. The largest absolute Gasteiger partial charge is 0.368 e. The molecule has 5 rings (SSSR count). The summed E-state index contributed by atoms with van der Waals surface area (Å²) >= 11 is 0. The molecule has 1 unspecified atom stereocenters. The van der Waals surface area contributed by atoms with E-state index >= 15 is 0 Å². The van der Waals surface area contributed by atoms with Gasteiger partial charge in [-0.2, -0.15) is 0 Å². The summed E-state index contributed by atoms with van der Waals surface area (Å²) in [6.45, 7) is 7.14. The standard InChI is InChI=1S/C26H31N9O3/c1-3-28-25(38)35-12-10-34(11-13-35)17-8-9-18(16(2)14-17)31-22(36)21-26(23(27)37,30-15-29-21)24-32-19-6-4-5-7-20(19)33-24/h4-9,14,30H,3,10-13,15H2,1-2H3,(H2,27,37)(H,28,38)(H,31,36)(H,32,33). The number of hydrogen-bond acceptors (Lipinski definition) is 7. The second kappa shape index (κ2) is 10.1. The zero-order chi connectivity index (χ0) is 26.9. The number of rotatable bonds is 6. The second-order valence-electron chi connectivity index (χ2n) is 9.32. The van der Waals surface area contributed by atoms with E-state index in [1.54, 1.807) is 6.07 Å². The monoisotopic (exact) mass is 517 g/mol. The summed E-state index contributed by atoms with van der Waals surface area (Å²) in [7, 11) is 0. The maximum absolute atomic E-state index is 13.4. The number of carbonyl (C=O) groups is 3. The Hall–Kier alpha value is -4.45. The molecular weight excluding hydrogens is 486 g/mol. The van der Waals surface area contributed by atoms with Crippen molar-refractivity contribution in [2.45, 2.75) is 19.4 Å². The quantitative estimate of drug-likeness (QED) is 0.328. The number of urea groups is 1. The lowest BCUT2D eigenvalue weighted by atomic mass is 9.91. The minimum absolute atomic E-state index is 0.0413. The lowest BCUT2D eigenvalue weighted by molar-refractivity contribution is -0.123. The van der Waals surface area contributed by atoms with E-state index in [9.17, 15) is 14.4 Å². The van der Waals surface area contributed by atoms with Crippen LogP contribution < -0.4 is 26.6 Å². The number of hydrogen-bond donors (Lipinski definition) is 5. The molecule has 2 aliphatic rings. The van der Waals surface area contributed by atoms with Crippen LogP contribution >= 0.6 is 0 Å². The van der Waals surface area contributed by atoms with E-state index in [0.29, 0.717) is 43.9 Å². The Kier molecular flexibility index (Phi) is 6.72. The average molecular weight is 518 g/mol. The number of nitrogens with one attached hydrogen (secondary N) is 4. The summed E-state index contributed by atoms with van der Waals surface area (Å²) in [5.74, 6) is -1.10. The topological polar surface area (TPSA) is 161 Å². The summed E-state index contributed by atoms with van der Waals surface area (Å²) in [6.07, 6.45) is 0. The van der Waals surface area contributed by atoms with Crippen molar-refractivity contribution in [1.29, 1.82) is 0 Å². The third-order valence-corrected chi connectivity index (χ3v) is 6.98. The number of fused-ring (bicyclic) bond motifs is 1. The Bertz CT molecular complexity index is 1390. The molecule has 38 heavy (non-hydrogen) atoms. The summed E-state index contributed by atoms with van der Waals surface area (Å²) in [4.78, 5) is 54.2. The predicted molar refractivity (Wildman–Crippen MR) is 145 cm³/mol. The minimum atomic E-state index is -1.68. The van der Waals surface area contributed by atoms with Gasteiger partial charge in [0.05, 0.1) is 17.7 Å². The van der Waals surface area contributed by atoms with Crippen molar-refractivity contribution in [2.24, 2.45) is 10.7 Å². The first-order valence-electron chi connectivity index (χ1n) is 12.6. The summed E-state index contributed by atoms with van der Waals surface area (Å²) in [5.41, 5.74) is 7.92. The maximum Gasteiger partial charge on any atom is 0.317 e. The number of para-hydroxylation sites is 2. The third-order valence-electron chi connectivity index (χ3n) is 6.98. The molecule has 3 heterocycles. The van der Waals surface area contributed by atoms with E-state index in [1.165, 1.54) is 0 Å². The van der Waals surface area contributed by atoms with Crippen LogP contribution in [-0.2, 0) is 15.1 Å². The number of imidazole rings is 1. The number of benzene rings is 2. The van der Waals surface area contributed by atoms with Crippen molar-refractivity contribution >= 4 is 46.0 Å². The van der Waals surface area contributed by atoms with Gasteiger partial charge in [0.25, 0.3) is 11.8 Å². The van der Waals surface area contributed by atoms with Crippen molar-refractivity contribution < 1.29 is 14.4 Å². The van der Waals surface area contributed by atoms with Gasteiger partial charge in [-0.1, -0.05) is 12.1 Å². The first-order chi connectivity index (χ1) is 18.3. The summed E-state index contributed by atoms with van der Waals surface area (Å²) < 4.78 is 0. The van der Waals surface area contributed by atoms with Crippen LogP contribution in [0.25, 0.3) is 11.0 Å². The van der Waals surface area contributed by atoms with Crippen LogP contribution in [0.2, 0.25) is 0 Å². The first-order valence-corrected chi connectivity index (χ1v) is 12.6. The third kappa shape index (κ3) is 4.43. The number of primary amides is 1. The Morgan fingerprint density at radius 2 is 1.87 bits per heavy atom. The fourth-order valence-electron chi connectivity index (χ4n) is 4.93. The zero-order valence-corrected chi connectivity index (χ0v) is 21.4. The van der Waals surface area contributed by atoms with Gasteiger partial charge in [-0.25, -0.2) is 9.78 Å². The normalized spacial score (nSPS) is 19.4. The predicted octanol–water partition coefficient (Wildman–Crippen LogP) is 1.04. The maximum atomic E-state index is 13.4. The smallest absolute Gasteiger partial charge is 0.317 e. The summed E-state index contributed by atoms with van der Waals surface area (Å²) in [6, 6.07) is 13.0. The van der Waals surface area contributed by atoms with E-state index in [2.05, 4.69) is 35.8 Å². The fraction of sp³-hybridized carbons (Fsp3) is 0.346. The van der Waals surface area contributed by atoms with E-state index < -0.39 is 17.4 Å². The molecule has 0 spiro atoms. The van der Waals surface area contributed by atoms with Gasteiger partial charge in [0.15, 0.2) is 0 Å². The Labute approximate surface area is 219 Å². The highest BCUT2D eigenvalue weighted by molar-refractivity contribution is 6.50. The van der Waals surface area contributed by atoms with Crippen molar-refractivity contribution in [3.05, 3.63) is 53.9 Å². The van der Waals surface area contributed by atoms with Crippen molar-refractivity contribution in [3.8, 4) is 0 Å². The first kappa shape index (κ1) is 25.2. The van der Waals surface area contributed by atoms with Crippen LogP contribution in [0.5, 0.6) is 0 Å². The molecule has 12 heteroatoms. The summed E-state index contributed by atoms with van der Waals surface area (Å²) in [5, 5.41) is 8.71. The highest BCUT2D eigenvalue weighted by Crippen LogP contribution is 2.29. The van der Waals surface area contributed by atoms with Gasteiger partial charge in [-0.3, -0.25) is 19.9 Å². The van der Waals surface area contributed by atoms with Crippen molar-refractivity contribution in [1.82, 2.24) is 25.5 Å². The van der Waals surface area contributed by atoms with Gasteiger partial charge in [0.1, 0.15) is 11.5 Å². The second-order valence-corrected chi connectivity index (χ2v) is 9.32. The molecule has 2 aliphatic heterocycles. The van der Waals surface area contributed by atoms with Gasteiger partial charge in [-0.05, 0) is 49.7 Å². The van der Waals surface area contributed by atoms with Crippen LogP contribution in [0.15, 0.2) is 47.5 Å². The lowest BCUT2D eigenvalue weighted by Crippen LogP contribution is -2.58. The van der Waals surface area contributed by atoms with Crippen LogP contribution in [0, 0.1) is 6.92 Å². The van der Waals surface area contributed by atoms with Crippen LogP contribution in [0.4, 0.5) is 16.2 Å². The Morgan fingerprint density at radius 1 is 1.11 bits per heavy atom. The van der Waals surface area contributed by atoms with Crippen molar-refractivity contribution in [2.75, 3.05) is 49.6 Å². The molecule has 1 atom stereocenters. The molecule has 0 radical (unpaired) electrons. The number of amides is 4. The molecule has 0 aliphatic carbocycles. The van der Waals surface area contributed by atoms with Gasteiger partial charge in [0, 0.05) is 44.1 Å². The molecule has 1 aromatic heterocycles. The van der Waals surface area contributed by atoms with E-state index in [-0.39, 0.29) is 24.2 Å². The number of anilines is 2. The number of H-pyrrole nitrogens is 1. The number of aryl methyl sites for hydroxylation is 1. The number of piperazine rings is 1. The van der Waals surface area contributed by atoms with Gasteiger partial charge >= 0.3 is 6.03 Å². The number of aromatic nitrogens is 2. The molecular formula is C26H31N9O3. The molecule has 0 saturated carbocycles. The molecule has 1 fully saturated rings. The number of nitrogens with two attached hydrogens (primary N) is 1. The fourth-order valence-corrected chi connectivity index (χ4v) is 4.93. The van der Waals surface area contributed by atoms with Crippen LogP contribution in [0.1, 0.15) is 18.3 Å². The van der Waals surface area contributed by atoms with E-state index in [1.807, 2.05) is 55.1 Å². The number of aromatic amines is 1. The van der Waals surface area contributed by atoms with Crippen LogP contribution in [0.3, 0.4) is 0 Å². The van der Waals surface area contributed by atoms with Gasteiger partial charge in [0.2, 0.25) is 5.54 Å². The Balaban J connectivity index is 1.32. The van der Waals surface area contributed by atoms with Gasteiger partial charge in [-0.15, -0.1) is 0 Å². The minimum Gasteiger partial charge on any atom is -0.368 e. The molecule has 1 saturated heterocycles. The molecule has 3 aromatic rings.